The summed E-state index contributed by atoms with van der Waals surface area (Å²) in [5.74, 6) is -2.35. The molecule has 41 heavy (non-hydrogen) atoms. The van der Waals surface area contributed by atoms with Crippen LogP contribution in [-0.4, -0.2) is 89.5 Å². The Labute approximate surface area is 282 Å². The Hall–Kier alpha value is -0.494. The van der Waals surface area contributed by atoms with Crippen LogP contribution in [0.5, 0.6) is 5.75 Å². The van der Waals surface area contributed by atoms with Gasteiger partial charge in [0.15, 0.2) is 5.25 Å². The minimum Gasteiger partial charge on any atom is -0.481 e. The Balaban J connectivity index is 0.00000112. The molecule has 0 aliphatic carbocycles. The van der Waals surface area contributed by atoms with Crippen LogP contribution in [0.2, 0.25) is 0 Å². The molecule has 2 unspecified atom stereocenters. The van der Waals surface area contributed by atoms with Crippen molar-refractivity contribution in [2.24, 2.45) is 0 Å². The Morgan fingerprint density at radius 3 is 1.59 bits per heavy atom. The van der Waals surface area contributed by atoms with Crippen LogP contribution >= 0.6 is 0 Å². The molecule has 1 rings (SSSR count). The number of ether oxygens (including phenoxy) is 1. The summed E-state index contributed by atoms with van der Waals surface area (Å²) in [6.45, 7) is 4.53. The Bertz CT molecular complexity index is 922. The van der Waals surface area contributed by atoms with E-state index in [4.69, 9.17) is 19.5 Å². The van der Waals surface area contributed by atoms with Gasteiger partial charge in [0.25, 0.3) is 10.1 Å². The minimum absolute atomic E-state index is 0.495. The van der Waals surface area contributed by atoms with Crippen LogP contribution in [0.15, 0.2) is 24.3 Å². The van der Waals surface area contributed by atoms with Crippen LogP contribution in [0.3, 0.4) is 0 Å². The normalized spacial score (nSPS) is 12.7. The molecule has 0 heterocycles. The first-order valence-corrected chi connectivity index (χ1v) is 19.0. The van der Waals surface area contributed by atoms with E-state index in [-0.39, 0.29) is 0 Å². The first kappa shape index (κ1) is 40.5. The van der Waals surface area contributed by atoms with Crippen molar-refractivity contribution < 1.29 is 37.5 Å². The fourth-order valence-electron chi connectivity index (χ4n) is 4.47. The number of aliphatic carboxylic acids is 2. The largest absolute Gasteiger partial charge is 0.481 e. The van der Waals surface area contributed by atoms with Crippen LogP contribution < -0.4 is 4.74 Å². The van der Waals surface area contributed by atoms with Crippen LogP contribution in [-0.2, 0) is 26.1 Å². The molecular weight excluding hydrogens is 571 g/mol. The maximum absolute atomic E-state index is 10.2. The van der Waals surface area contributed by atoms with E-state index in [0.717, 1.165) is 61.1 Å². The first-order valence-electron chi connectivity index (χ1n) is 15.7. The number of hydrogen-bond donors (Lipinski definition) is 3. The van der Waals surface area contributed by atoms with Crippen molar-refractivity contribution in [1.82, 2.24) is 0 Å². The van der Waals surface area contributed by atoms with Gasteiger partial charge in [-0.2, -0.15) is 8.42 Å². The van der Waals surface area contributed by atoms with Gasteiger partial charge in [-0.1, -0.05) is 64.7 Å². The molecular formula is C31H53KO8S. The number of unbranched alkanes of at least 4 members (excludes halogenated alkanes) is 15. The average molecular weight is 625 g/mol. The van der Waals surface area contributed by atoms with E-state index in [1.165, 1.54) is 115 Å². The summed E-state index contributed by atoms with van der Waals surface area (Å²) < 4.78 is 35.3. The topological polar surface area (TPSA) is 138 Å². The summed E-state index contributed by atoms with van der Waals surface area (Å²) >= 11 is 0.739. The molecule has 2 atom stereocenters. The van der Waals surface area contributed by atoms with Gasteiger partial charge in [0, 0.05) is 0 Å². The predicted molar refractivity (Wildman–Crippen MR) is 165 cm³/mol. The second-order valence-corrected chi connectivity index (χ2v) is 14.5. The van der Waals surface area contributed by atoms with Crippen molar-refractivity contribution >= 4 is 71.0 Å². The fourth-order valence-corrected chi connectivity index (χ4v) is 5.47. The van der Waals surface area contributed by atoms with Crippen molar-refractivity contribution in [3.05, 3.63) is 29.8 Å². The van der Waals surface area contributed by atoms with Gasteiger partial charge in [-0.05, 0) is 0 Å². The summed E-state index contributed by atoms with van der Waals surface area (Å²) in [4.78, 5) is 20.0. The van der Waals surface area contributed by atoms with Crippen molar-refractivity contribution in [2.45, 2.75) is 141 Å². The molecule has 1 aromatic carbocycles. The number of carboxylic acids is 2. The van der Waals surface area contributed by atoms with Crippen LogP contribution in [0.1, 0.15) is 135 Å². The minimum atomic E-state index is -4.84. The molecule has 8 nitrogen and oxygen atoms in total. The Kier molecular flexibility index (Phi) is 25.6. The van der Waals surface area contributed by atoms with Crippen LogP contribution in [0.25, 0.3) is 0 Å². The molecule has 0 saturated heterocycles. The average Bonchev–Trinajstić information content (AvgIpc) is 2.91. The van der Waals surface area contributed by atoms with Gasteiger partial charge in [0.2, 0.25) is 0 Å². The van der Waals surface area contributed by atoms with Crippen LogP contribution in [0.4, 0.5) is 0 Å². The number of aryl methyl sites for hydroxylation is 1. The SMILES string of the molecule is CCCCCCCCCCCCCCCCCCc1ccccc1O[CH]([K])CC.O=C(O)CC(C(=O)O)S(=O)(=O)O. The first-order chi connectivity index (χ1) is 19.5. The summed E-state index contributed by atoms with van der Waals surface area (Å²) in [6, 6.07) is 8.70. The van der Waals surface area contributed by atoms with Crippen molar-refractivity contribution in [3.63, 3.8) is 0 Å². The molecule has 1 aromatic rings. The van der Waals surface area contributed by atoms with Crippen molar-refractivity contribution in [1.29, 1.82) is 0 Å². The van der Waals surface area contributed by atoms with Gasteiger partial charge < -0.3 is 10.2 Å². The van der Waals surface area contributed by atoms with Crippen molar-refractivity contribution in [3.8, 4) is 5.75 Å². The van der Waals surface area contributed by atoms with Gasteiger partial charge in [-0.3, -0.25) is 14.1 Å². The summed E-state index contributed by atoms with van der Waals surface area (Å²) in [5, 5.41) is 13.9. The fraction of sp³-hybridized carbons (Fsp3) is 0.742. The van der Waals surface area contributed by atoms with Gasteiger partial charge in [0.05, 0.1) is 6.42 Å². The van der Waals surface area contributed by atoms with Crippen molar-refractivity contribution in [2.75, 3.05) is 0 Å². The second-order valence-electron chi connectivity index (χ2n) is 10.9. The van der Waals surface area contributed by atoms with Gasteiger partial charge in [-0.15, -0.1) is 0 Å². The van der Waals surface area contributed by atoms with Gasteiger partial charge >= 0.3 is 166 Å². The van der Waals surface area contributed by atoms with Crippen LogP contribution in [0, 0.1) is 0 Å². The standard InChI is InChI=1S/C27H47O.C4H6O7S.K/c1-3-5-6-7-8-9-10-11-12-13-14-15-16-17-18-19-22-26-23-20-21-24-27(26)28-25-4-2;5-3(6)1-2(4(7)8)12(9,10)11;/h20-21,23-25H,3-19,22H2,1-2H3;2H,1H2,(H,5,6)(H,7,8)(H,9,10,11);. The maximum atomic E-state index is 10.2. The number of rotatable bonds is 24. The summed E-state index contributed by atoms with van der Waals surface area (Å²) in [7, 11) is -4.84. The van der Waals surface area contributed by atoms with E-state index in [1.54, 1.807) is 0 Å². The number of benzene rings is 1. The van der Waals surface area contributed by atoms with E-state index in [2.05, 4.69) is 38.1 Å². The predicted octanol–water partition coefficient (Wildman–Crippen LogP) is 7.58. The molecule has 3 N–H and O–H groups in total. The number of para-hydroxylation sites is 1. The molecule has 0 amide bonds. The smallest absolute Gasteiger partial charge is 0.325 e. The third-order valence-electron chi connectivity index (χ3n) is 7.17. The molecule has 0 spiro atoms. The molecule has 0 fully saturated rings. The molecule has 0 bridgehead atoms. The Morgan fingerprint density at radius 2 is 1.22 bits per heavy atom. The van der Waals surface area contributed by atoms with Gasteiger partial charge in [-0.25, -0.2) is 0 Å². The third-order valence-corrected chi connectivity index (χ3v) is 9.90. The molecule has 0 aromatic heterocycles. The van der Waals surface area contributed by atoms with E-state index in [0.29, 0.717) is 0.199 Å². The zero-order valence-corrected chi connectivity index (χ0v) is 29.6. The quantitative estimate of drug-likeness (QED) is 0.0608. The number of hydrogen-bond acceptors (Lipinski definition) is 5. The maximum Gasteiger partial charge on any atom is 0.325 e. The van der Waals surface area contributed by atoms with E-state index in [1.807, 2.05) is 0 Å². The summed E-state index contributed by atoms with van der Waals surface area (Å²) in [5.41, 5.74) is 1.42. The summed E-state index contributed by atoms with van der Waals surface area (Å²) in [6.07, 6.45) is 24.1. The zero-order chi connectivity index (χ0) is 30.9. The molecule has 0 radical (unpaired) electrons. The molecule has 10 heteroatoms. The third kappa shape index (κ3) is 23.6. The molecule has 232 valence electrons. The number of carboxylic acid groups (broad SMARTS) is 2. The van der Waals surface area contributed by atoms with Gasteiger partial charge in [0.1, 0.15) is 0 Å². The zero-order valence-electron chi connectivity index (χ0n) is 25.7. The molecule has 0 aliphatic heterocycles. The van der Waals surface area contributed by atoms with E-state index < -0.39 is 33.7 Å². The molecule has 0 saturated carbocycles. The number of carbonyl (C=O) groups is 2. The van der Waals surface area contributed by atoms with E-state index >= 15 is 0 Å². The Morgan fingerprint density at radius 1 is 0.780 bits per heavy atom. The van der Waals surface area contributed by atoms with E-state index in [9.17, 15) is 18.0 Å². The second kappa shape index (κ2) is 26.0. The molecule has 0 aliphatic rings. The monoisotopic (exact) mass is 624 g/mol.